The number of para-hydroxylation sites is 2. The van der Waals surface area contributed by atoms with Crippen LogP contribution in [0.15, 0.2) is 78.9 Å². The molecule has 4 nitrogen and oxygen atoms in total. The summed E-state index contributed by atoms with van der Waals surface area (Å²) in [6.07, 6.45) is 1.90. The minimum absolute atomic E-state index is 0. The number of halogens is 1. The first kappa shape index (κ1) is 22.6. The number of nitrogens with zero attached hydrogens (tertiary/aromatic N) is 1. The summed E-state index contributed by atoms with van der Waals surface area (Å²) in [5, 5.41) is 0. The number of ether oxygens (including phenoxy) is 2. The van der Waals surface area contributed by atoms with Gasteiger partial charge in [-0.15, -0.1) is 0 Å². The molecule has 2 heterocycles. The zero-order chi connectivity index (χ0) is 21.3. The molecule has 1 saturated heterocycles. The molecule has 0 spiro atoms. The van der Waals surface area contributed by atoms with Crippen LogP contribution in [0.2, 0.25) is 0 Å². The Kier molecular flexibility index (Phi) is 6.68. The van der Waals surface area contributed by atoms with Gasteiger partial charge < -0.3 is 30.9 Å². The van der Waals surface area contributed by atoms with Crippen molar-refractivity contribution in [3.05, 3.63) is 95.6 Å². The molecule has 0 aromatic heterocycles. The molecule has 0 radical (unpaired) electrons. The SMILES string of the molecule is C[N+]1(CCc2ccccc2)CC[C@H](OC(=O)C2c3ccccc3Oc3ccccc32)C1.[Br-]. The lowest BCUT2D eigenvalue weighted by Crippen LogP contribution is -3.00. The molecule has 2 aliphatic heterocycles. The molecule has 166 valence electrons. The normalized spacial score (nSPS) is 21.6. The van der Waals surface area contributed by atoms with Crippen molar-refractivity contribution in [1.29, 1.82) is 0 Å². The maximum Gasteiger partial charge on any atom is 0.318 e. The van der Waals surface area contributed by atoms with Crippen molar-refractivity contribution in [2.24, 2.45) is 0 Å². The summed E-state index contributed by atoms with van der Waals surface area (Å²) in [6.45, 7) is 2.96. The Bertz CT molecular complexity index is 1040. The van der Waals surface area contributed by atoms with Crippen LogP contribution in [0.4, 0.5) is 0 Å². The Morgan fingerprint density at radius 1 is 0.938 bits per heavy atom. The lowest BCUT2D eigenvalue weighted by Gasteiger charge is -2.30. The third-order valence-corrected chi connectivity index (χ3v) is 6.62. The molecule has 1 unspecified atom stereocenters. The van der Waals surface area contributed by atoms with E-state index in [1.165, 1.54) is 5.56 Å². The highest BCUT2D eigenvalue weighted by atomic mass is 79.9. The number of esters is 1. The Morgan fingerprint density at radius 2 is 1.53 bits per heavy atom. The van der Waals surface area contributed by atoms with Crippen molar-refractivity contribution in [3.63, 3.8) is 0 Å². The lowest BCUT2D eigenvalue weighted by atomic mass is 9.88. The van der Waals surface area contributed by atoms with Gasteiger partial charge in [0, 0.05) is 24.0 Å². The summed E-state index contributed by atoms with van der Waals surface area (Å²) in [4.78, 5) is 13.4. The summed E-state index contributed by atoms with van der Waals surface area (Å²) in [6, 6.07) is 26.1. The molecule has 0 aliphatic carbocycles. The van der Waals surface area contributed by atoms with Crippen molar-refractivity contribution in [1.82, 2.24) is 0 Å². The van der Waals surface area contributed by atoms with E-state index in [4.69, 9.17) is 9.47 Å². The number of fused-ring (bicyclic) bond motifs is 2. The molecule has 0 saturated carbocycles. The monoisotopic (exact) mass is 493 g/mol. The van der Waals surface area contributed by atoms with E-state index in [0.717, 1.165) is 59.6 Å². The van der Waals surface area contributed by atoms with Crippen LogP contribution in [0.25, 0.3) is 0 Å². The summed E-state index contributed by atoms with van der Waals surface area (Å²) < 4.78 is 13.1. The van der Waals surface area contributed by atoms with E-state index in [2.05, 4.69) is 37.4 Å². The van der Waals surface area contributed by atoms with Gasteiger partial charge in [0.05, 0.1) is 20.1 Å². The van der Waals surface area contributed by atoms with E-state index in [0.29, 0.717) is 0 Å². The lowest BCUT2D eigenvalue weighted by molar-refractivity contribution is -0.898. The van der Waals surface area contributed by atoms with Crippen LogP contribution in [0.3, 0.4) is 0 Å². The smallest absolute Gasteiger partial charge is 0.318 e. The fourth-order valence-corrected chi connectivity index (χ4v) is 4.87. The molecule has 3 aromatic rings. The molecule has 0 amide bonds. The van der Waals surface area contributed by atoms with Crippen LogP contribution in [-0.4, -0.2) is 43.2 Å². The number of likely N-dealkylation sites (N-methyl/N-ethyl adjacent to an activating group) is 1. The molecular weight excluding hydrogens is 466 g/mol. The molecule has 3 aromatic carbocycles. The first-order valence-corrected chi connectivity index (χ1v) is 11.0. The minimum Gasteiger partial charge on any atom is -1.00 e. The standard InChI is InChI=1S/C27H28NO3.BrH/c1-28(17-15-20-9-3-2-4-10-20)18-16-21(19-28)30-27(29)26-22-11-5-7-13-24(22)31-25-14-8-6-12-23(25)26;/h2-14,21,26H,15-19H2,1H3;1H/q+1;/p-1/t21-,28?;/m0./s1. The molecule has 0 bridgehead atoms. The van der Waals surface area contributed by atoms with Gasteiger partial charge in [-0.3, -0.25) is 4.79 Å². The summed E-state index contributed by atoms with van der Waals surface area (Å²) in [5.41, 5.74) is 3.12. The second kappa shape index (κ2) is 9.47. The largest absolute Gasteiger partial charge is 1.00 e. The van der Waals surface area contributed by atoms with E-state index in [1.54, 1.807) is 0 Å². The van der Waals surface area contributed by atoms with Gasteiger partial charge in [0.1, 0.15) is 24.0 Å². The van der Waals surface area contributed by atoms with Gasteiger partial charge in [0.15, 0.2) is 6.10 Å². The predicted octanol–water partition coefficient (Wildman–Crippen LogP) is 1.93. The quantitative estimate of drug-likeness (QED) is 0.402. The summed E-state index contributed by atoms with van der Waals surface area (Å²) >= 11 is 0. The summed E-state index contributed by atoms with van der Waals surface area (Å²) in [7, 11) is 2.27. The van der Waals surface area contributed by atoms with Crippen molar-refractivity contribution < 1.29 is 35.7 Å². The average molecular weight is 494 g/mol. The van der Waals surface area contributed by atoms with Crippen LogP contribution in [0.5, 0.6) is 11.5 Å². The molecular formula is C27H28BrNO3. The molecule has 5 rings (SSSR count). The third-order valence-electron chi connectivity index (χ3n) is 6.62. The van der Waals surface area contributed by atoms with Gasteiger partial charge >= 0.3 is 5.97 Å². The van der Waals surface area contributed by atoms with Crippen molar-refractivity contribution >= 4 is 5.97 Å². The van der Waals surface area contributed by atoms with Crippen LogP contribution in [-0.2, 0) is 16.0 Å². The number of quaternary nitrogens is 1. The van der Waals surface area contributed by atoms with Crippen LogP contribution in [0, 0.1) is 0 Å². The molecule has 5 heteroatoms. The average Bonchev–Trinajstić information content (AvgIpc) is 3.17. The molecule has 1 fully saturated rings. The second-order valence-corrected chi connectivity index (χ2v) is 8.94. The Morgan fingerprint density at radius 3 is 2.19 bits per heavy atom. The van der Waals surface area contributed by atoms with Crippen molar-refractivity contribution in [3.8, 4) is 11.5 Å². The number of benzene rings is 3. The highest BCUT2D eigenvalue weighted by Crippen LogP contribution is 2.44. The Balaban J connectivity index is 0.00000245. The maximum atomic E-state index is 13.4. The number of hydrogen-bond acceptors (Lipinski definition) is 3. The fraction of sp³-hybridized carbons (Fsp3) is 0.296. The first-order chi connectivity index (χ1) is 15.1. The number of hydrogen-bond donors (Lipinski definition) is 0. The zero-order valence-electron chi connectivity index (χ0n) is 18.2. The predicted molar refractivity (Wildman–Crippen MR) is 120 cm³/mol. The number of carbonyl (C=O) groups excluding carboxylic acids is 1. The molecule has 2 aliphatic rings. The van der Waals surface area contributed by atoms with Crippen LogP contribution in [0.1, 0.15) is 29.0 Å². The van der Waals surface area contributed by atoms with Gasteiger partial charge in [-0.1, -0.05) is 66.7 Å². The van der Waals surface area contributed by atoms with E-state index < -0.39 is 5.92 Å². The van der Waals surface area contributed by atoms with E-state index in [9.17, 15) is 4.79 Å². The van der Waals surface area contributed by atoms with Crippen LogP contribution >= 0.6 is 0 Å². The van der Waals surface area contributed by atoms with Gasteiger partial charge in [-0.2, -0.15) is 0 Å². The number of rotatable bonds is 5. The molecule has 2 atom stereocenters. The van der Waals surface area contributed by atoms with Crippen LogP contribution < -0.4 is 21.7 Å². The van der Waals surface area contributed by atoms with Gasteiger partial charge in [0.25, 0.3) is 0 Å². The highest BCUT2D eigenvalue weighted by molar-refractivity contribution is 5.85. The van der Waals surface area contributed by atoms with Gasteiger partial charge in [-0.25, -0.2) is 0 Å². The number of likely N-dealkylation sites (tertiary alicyclic amines) is 1. The minimum atomic E-state index is -0.440. The first-order valence-electron chi connectivity index (χ1n) is 11.0. The van der Waals surface area contributed by atoms with E-state index in [1.807, 2.05) is 48.5 Å². The van der Waals surface area contributed by atoms with Gasteiger partial charge in [-0.05, 0) is 17.7 Å². The van der Waals surface area contributed by atoms with Gasteiger partial charge in [0.2, 0.25) is 0 Å². The Hall–Kier alpha value is -2.63. The highest BCUT2D eigenvalue weighted by Gasteiger charge is 2.40. The van der Waals surface area contributed by atoms with Crippen molar-refractivity contribution in [2.75, 3.05) is 26.7 Å². The second-order valence-electron chi connectivity index (χ2n) is 8.94. The van der Waals surface area contributed by atoms with E-state index in [-0.39, 0.29) is 29.1 Å². The maximum absolute atomic E-state index is 13.4. The fourth-order valence-electron chi connectivity index (χ4n) is 4.87. The Labute approximate surface area is 200 Å². The number of carbonyl (C=O) groups is 1. The van der Waals surface area contributed by atoms with Crippen molar-refractivity contribution in [2.45, 2.75) is 24.9 Å². The molecule has 32 heavy (non-hydrogen) atoms. The summed E-state index contributed by atoms with van der Waals surface area (Å²) in [5.74, 6) is 0.852. The molecule has 0 N–H and O–H groups in total. The zero-order valence-corrected chi connectivity index (χ0v) is 19.8. The van der Waals surface area contributed by atoms with E-state index >= 15 is 0 Å². The third kappa shape index (κ3) is 4.59. The topological polar surface area (TPSA) is 35.5 Å².